The Labute approximate surface area is 123 Å². The number of alkyl halides is 2. The number of carbonyl (C=O) groups excluding carboxylic acids is 2. The molecule has 4 nitrogen and oxygen atoms in total. The lowest BCUT2D eigenvalue weighted by Crippen LogP contribution is -2.16. The van der Waals surface area contributed by atoms with E-state index in [0.29, 0.717) is 12.8 Å². The maximum Gasteiger partial charge on any atom is 0.306 e. The summed E-state index contributed by atoms with van der Waals surface area (Å²) in [4.78, 5) is 21.9. The van der Waals surface area contributed by atoms with Crippen molar-refractivity contribution in [2.45, 2.75) is 36.6 Å². The summed E-state index contributed by atoms with van der Waals surface area (Å²) in [5.41, 5.74) is 0. The minimum atomic E-state index is -0.735. The minimum Gasteiger partial charge on any atom is -0.463 e. The molecule has 1 unspecified atom stereocenters. The Morgan fingerprint density at radius 1 is 1.16 bits per heavy atom. The van der Waals surface area contributed by atoms with Crippen LogP contribution in [0.4, 0.5) is 0 Å². The second kappa shape index (κ2) is 10.9. The first-order chi connectivity index (χ1) is 8.99. The zero-order valence-electron chi connectivity index (χ0n) is 10.6. The van der Waals surface area contributed by atoms with E-state index >= 15 is 0 Å². The number of halogens is 2. The fraction of sp³-hybridized carbons (Fsp3) is 0.538. The first kappa shape index (κ1) is 18.0. The van der Waals surface area contributed by atoms with Gasteiger partial charge in [-0.3, -0.25) is 9.59 Å². The highest BCUT2D eigenvalue weighted by atomic mass is 35.5. The zero-order chi connectivity index (χ0) is 14.7. The molecular formula is C13H18Cl2O4. The molecule has 0 aliphatic carbocycles. The van der Waals surface area contributed by atoms with Crippen molar-refractivity contribution >= 4 is 35.1 Å². The summed E-state index contributed by atoms with van der Waals surface area (Å²) in [5, 5.41) is 0. The standard InChI is InChI=1S/C13H18Cl2O4/c1-3-6-10(4-2)19-13(17)8-5-7-12(16)18-9-11(14)15/h3-4,10-11H,1-2,5-9H2. The third-order valence-electron chi connectivity index (χ3n) is 2.08. The predicted molar refractivity (Wildman–Crippen MR) is 75.2 cm³/mol. The van der Waals surface area contributed by atoms with Crippen LogP contribution in [0.2, 0.25) is 0 Å². The van der Waals surface area contributed by atoms with Crippen molar-refractivity contribution < 1.29 is 19.1 Å². The van der Waals surface area contributed by atoms with Gasteiger partial charge in [0, 0.05) is 19.3 Å². The van der Waals surface area contributed by atoms with Gasteiger partial charge in [-0.1, -0.05) is 18.7 Å². The molecule has 0 aliphatic rings. The van der Waals surface area contributed by atoms with Crippen molar-refractivity contribution in [3.63, 3.8) is 0 Å². The lowest BCUT2D eigenvalue weighted by Gasteiger charge is -2.11. The van der Waals surface area contributed by atoms with Crippen LogP contribution >= 0.6 is 23.2 Å². The number of rotatable bonds is 10. The Balaban J connectivity index is 3.75. The molecule has 0 aromatic carbocycles. The fourth-order valence-corrected chi connectivity index (χ4v) is 1.32. The molecule has 108 valence electrons. The van der Waals surface area contributed by atoms with Gasteiger partial charge in [0.25, 0.3) is 0 Å². The van der Waals surface area contributed by atoms with Crippen molar-refractivity contribution in [1.82, 2.24) is 0 Å². The van der Waals surface area contributed by atoms with Crippen molar-refractivity contribution in [3.05, 3.63) is 25.3 Å². The minimum absolute atomic E-state index is 0.0513. The van der Waals surface area contributed by atoms with Crippen LogP contribution < -0.4 is 0 Å². The molecular weight excluding hydrogens is 291 g/mol. The molecule has 6 heteroatoms. The number of carbonyl (C=O) groups is 2. The SMILES string of the molecule is C=CCC(C=C)OC(=O)CCCC(=O)OCC(Cl)Cl. The van der Waals surface area contributed by atoms with Crippen LogP contribution in [0.3, 0.4) is 0 Å². The topological polar surface area (TPSA) is 52.6 Å². The first-order valence-electron chi connectivity index (χ1n) is 5.86. The molecule has 1 atom stereocenters. The van der Waals surface area contributed by atoms with Gasteiger partial charge in [0.1, 0.15) is 17.5 Å². The van der Waals surface area contributed by atoms with Gasteiger partial charge >= 0.3 is 11.9 Å². The highest BCUT2D eigenvalue weighted by molar-refractivity contribution is 6.44. The van der Waals surface area contributed by atoms with Crippen LogP contribution in [-0.2, 0) is 19.1 Å². The molecule has 0 aromatic rings. The Morgan fingerprint density at radius 2 is 1.79 bits per heavy atom. The third kappa shape index (κ3) is 10.6. The summed E-state index contributed by atoms with van der Waals surface area (Å²) < 4.78 is 9.84. The Morgan fingerprint density at radius 3 is 2.32 bits per heavy atom. The molecule has 0 radical (unpaired) electrons. The van der Waals surface area contributed by atoms with Gasteiger partial charge in [0.15, 0.2) is 0 Å². The fourth-order valence-electron chi connectivity index (χ4n) is 1.19. The molecule has 0 bridgehead atoms. The second-order valence-electron chi connectivity index (χ2n) is 3.72. The predicted octanol–water partition coefficient (Wildman–Crippen LogP) is 3.18. The van der Waals surface area contributed by atoms with E-state index in [-0.39, 0.29) is 31.5 Å². The lowest BCUT2D eigenvalue weighted by atomic mass is 10.2. The second-order valence-corrected chi connectivity index (χ2v) is 4.99. The molecule has 0 rings (SSSR count). The van der Waals surface area contributed by atoms with E-state index in [2.05, 4.69) is 13.2 Å². The van der Waals surface area contributed by atoms with Gasteiger partial charge in [0.05, 0.1) is 0 Å². The third-order valence-corrected chi connectivity index (χ3v) is 2.33. The maximum atomic E-state index is 11.4. The van der Waals surface area contributed by atoms with Crippen LogP contribution in [0.25, 0.3) is 0 Å². The van der Waals surface area contributed by atoms with Crippen molar-refractivity contribution in [3.8, 4) is 0 Å². The lowest BCUT2D eigenvalue weighted by molar-refractivity contribution is -0.147. The van der Waals surface area contributed by atoms with E-state index in [1.165, 1.54) is 6.08 Å². The van der Waals surface area contributed by atoms with E-state index in [9.17, 15) is 9.59 Å². The molecule has 0 aliphatic heterocycles. The monoisotopic (exact) mass is 308 g/mol. The Bertz CT molecular complexity index is 316. The summed E-state index contributed by atoms with van der Waals surface area (Å²) in [6, 6.07) is 0. The van der Waals surface area contributed by atoms with Gasteiger partial charge < -0.3 is 9.47 Å². The molecule has 0 aromatic heterocycles. The largest absolute Gasteiger partial charge is 0.463 e. The van der Waals surface area contributed by atoms with Gasteiger partial charge in [0.2, 0.25) is 0 Å². The summed E-state index contributed by atoms with van der Waals surface area (Å²) in [6.45, 7) is 7.06. The normalized spacial score (nSPS) is 11.7. The van der Waals surface area contributed by atoms with Crippen LogP contribution in [-0.4, -0.2) is 29.5 Å². The molecule has 0 amide bonds. The van der Waals surface area contributed by atoms with E-state index in [1.54, 1.807) is 6.08 Å². The van der Waals surface area contributed by atoms with Crippen LogP contribution in [0.1, 0.15) is 25.7 Å². The summed E-state index contributed by atoms with van der Waals surface area (Å²) in [5.74, 6) is -0.822. The molecule has 19 heavy (non-hydrogen) atoms. The van der Waals surface area contributed by atoms with Crippen molar-refractivity contribution in [2.75, 3.05) is 6.61 Å². The zero-order valence-corrected chi connectivity index (χ0v) is 12.2. The molecule has 0 fully saturated rings. The summed E-state index contributed by atoms with van der Waals surface area (Å²) in [6.07, 6.45) is 3.94. The Kier molecular flexibility index (Phi) is 10.3. The number of hydrogen-bond donors (Lipinski definition) is 0. The van der Waals surface area contributed by atoms with Crippen molar-refractivity contribution in [1.29, 1.82) is 0 Å². The molecule has 0 saturated heterocycles. The highest BCUT2D eigenvalue weighted by Crippen LogP contribution is 2.07. The van der Waals surface area contributed by atoms with Gasteiger partial charge in [-0.2, -0.15) is 0 Å². The average Bonchev–Trinajstić information content (AvgIpc) is 2.35. The molecule has 0 saturated carbocycles. The summed E-state index contributed by atoms with van der Waals surface area (Å²) in [7, 11) is 0. The molecule has 0 spiro atoms. The maximum absolute atomic E-state index is 11.4. The quantitative estimate of drug-likeness (QED) is 0.353. The smallest absolute Gasteiger partial charge is 0.306 e. The van der Waals surface area contributed by atoms with Gasteiger partial charge in [-0.25, -0.2) is 0 Å². The number of ether oxygens (including phenoxy) is 2. The van der Waals surface area contributed by atoms with Crippen molar-refractivity contribution in [2.24, 2.45) is 0 Å². The molecule has 0 heterocycles. The Hall–Kier alpha value is -1.00. The van der Waals surface area contributed by atoms with E-state index in [0.717, 1.165) is 0 Å². The van der Waals surface area contributed by atoms with Crippen LogP contribution in [0.5, 0.6) is 0 Å². The highest BCUT2D eigenvalue weighted by Gasteiger charge is 2.11. The molecule has 0 N–H and O–H groups in total. The number of hydrogen-bond acceptors (Lipinski definition) is 4. The average molecular weight is 309 g/mol. The number of esters is 2. The van der Waals surface area contributed by atoms with Crippen LogP contribution in [0.15, 0.2) is 25.3 Å². The van der Waals surface area contributed by atoms with Gasteiger partial charge in [-0.15, -0.1) is 29.8 Å². The van der Waals surface area contributed by atoms with E-state index < -0.39 is 10.8 Å². The summed E-state index contributed by atoms with van der Waals surface area (Å²) >= 11 is 10.8. The van der Waals surface area contributed by atoms with Gasteiger partial charge in [-0.05, 0) is 6.42 Å². The first-order valence-corrected chi connectivity index (χ1v) is 6.73. The van der Waals surface area contributed by atoms with E-state index in [4.69, 9.17) is 32.7 Å². The van der Waals surface area contributed by atoms with Crippen LogP contribution in [0, 0.1) is 0 Å². The van der Waals surface area contributed by atoms with E-state index in [1.807, 2.05) is 0 Å².